The number of carbonyl (C=O) groups is 1. The van der Waals surface area contributed by atoms with Crippen LogP contribution in [0.2, 0.25) is 0 Å². The summed E-state index contributed by atoms with van der Waals surface area (Å²) >= 11 is 0. The van der Waals surface area contributed by atoms with E-state index in [1.165, 1.54) is 0 Å². The molecule has 0 heterocycles. The first-order valence-corrected chi connectivity index (χ1v) is 6.99. The number of fused-ring (bicyclic) bond motifs is 1. The molecule has 1 amide bonds. The lowest BCUT2D eigenvalue weighted by Crippen LogP contribution is -2.34. The molecule has 21 heavy (non-hydrogen) atoms. The topological polar surface area (TPSA) is 58.6 Å². The molecule has 0 saturated carbocycles. The molecule has 2 aromatic rings. The number of amides is 1. The van der Waals surface area contributed by atoms with Crippen molar-refractivity contribution in [3.8, 4) is 0 Å². The normalized spacial score (nSPS) is 13.0. The molecule has 0 radical (unpaired) electrons. The summed E-state index contributed by atoms with van der Waals surface area (Å²) in [6, 6.07) is 13.7. The minimum absolute atomic E-state index is 0.118. The van der Waals surface area contributed by atoms with E-state index in [9.17, 15) is 9.90 Å². The van der Waals surface area contributed by atoms with Crippen LogP contribution in [0.15, 0.2) is 42.5 Å². The van der Waals surface area contributed by atoms with Crippen LogP contribution in [0.1, 0.15) is 32.4 Å². The van der Waals surface area contributed by atoms with E-state index in [0.29, 0.717) is 0 Å². The Balaban J connectivity index is 1.99. The summed E-state index contributed by atoms with van der Waals surface area (Å²) in [5.41, 5.74) is 0.225. The summed E-state index contributed by atoms with van der Waals surface area (Å²) in [6.07, 6.45) is -1.29. The lowest BCUT2D eigenvalue weighted by Gasteiger charge is -2.20. The van der Waals surface area contributed by atoms with Gasteiger partial charge in [-0.15, -0.1) is 0 Å². The van der Waals surface area contributed by atoms with Gasteiger partial charge in [0.05, 0.1) is 12.6 Å². The molecule has 0 aliphatic heterocycles. The summed E-state index contributed by atoms with van der Waals surface area (Å²) in [4.78, 5) is 11.6. The van der Waals surface area contributed by atoms with Crippen LogP contribution in [-0.4, -0.2) is 23.3 Å². The van der Waals surface area contributed by atoms with Crippen LogP contribution in [0, 0.1) is 0 Å². The average Bonchev–Trinajstić information content (AvgIpc) is 2.42. The van der Waals surface area contributed by atoms with Crippen LogP contribution >= 0.6 is 0 Å². The largest absolute Gasteiger partial charge is 0.444 e. The predicted octanol–water partition coefficient (Wildman–Crippen LogP) is 3.40. The van der Waals surface area contributed by atoms with Gasteiger partial charge in [0.25, 0.3) is 0 Å². The summed E-state index contributed by atoms with van der Waals surface area (Å²) in [5.74, 6) is 0. The zero-order chi connectivity index (χ0) is 15.5. The van der Waals surface area contributed by atoms with Gasteiger partial charge in [-0.25, -0.2) is 4.79 Å². The molecule has 0 aliphatic rings. The van der Waals surface area contributed by atoms with Crippen LogP contribution in [0.5, 0.6) is 0 Å². The highest BCUT2D eigenvalue weighted by Crippen LogP contribution is 2.20. The predicted molar refractivity (Wildman–Crippen MR) is 83.1 cm³/mol. The Hall–Kier alpha value is -2.07. The maximum absolute atomic E-state index is 11.6. The van der Waals surface area contributed by atoms with E-state index in [-0.39, 0.29) is 6.54 Å². The Morgan fingerprint density at radius 1 is 1.19 bits per heavy atom. The molecule has 0 bridgehead atoms. The Bertz CT molecular complexity index is 631. The third-order valence-electron chi connectivity index (χ3n) is 3.00. The second-order valence-electron chi connectivity index (χ2n) is 6.01. The minimum atomic E-state index is -0.762. The van der Waals surface area contributed by atoms with Gasteiger partial charge in [-0.1, -0.05) is 36.4 Å². The van der Waals surface area contributed by atoms with Crippen molar-refractivity contribution in [3.63, 3.8) is 0 Å². The summed E-state index contributed by atoms with van der Waals surface area (Å²) < 4.78 is 5.13. The number of rotatable bonds is 3. The number of benzene rings is 2. The van der Waals surface area contributed by atoms with Crippen molar-refractivity contribution in [2.45, 2.75) is 32.5 Å². The number of nitrogens with one attached hydrogen (secondary N) is 1. The maximum atomic E-state index is 11.6. The van der Waals surface area contributed by atoms with Crippen LogP contribution < -0.4 is 5.32 Å². The lowest BCUT2D eigenvalue weighted by molar-refractivity contribution is 0.0492. The first-order valence-electron chi connectivity index (χ1n) is 6.99. The SMILES string of the molecule is CC(C)(C)OC(=O)NCC(O)c1ccc2ccccc2c1. The van der Waals surface area contributed by atoms with Crippen molar-refractivity contribution in [1.29, 1.82) is 0 Å². The molecule has 0 saturated heterocycles. The summed E-state index contributed by atoms with van der Waals surface area (Å²) in [7, 11) is 0. The molecule has 0 fully saturated rings. The molecule has 1 atom stereocenters. The second kappa shape index (κ2) is 6.14. The van der Waals surface area contributed by atoms with Crippen LogP contribution in [0.25, 0.3) is 10.8 Å². The Morgan fingerprint density at radius 3 is 2.52 bits per heavy atom. The number of ether oxygens (including phenoxy) is 1. The van der Waals surface area contributed by atoms with E-state index < -0.39 is 17.8 Å². The van der Waals surface area contributed by atoms with Crippen molar-refractivity contribution >= 4 is 16.9 Å². The monoisotopic (exact) mass is 287 g/mol. The number of carbonyl (C=O) groups excluding carboxylic acids is 1. The Labute approximate surface area is 124 Å². The third kappa shape index (κ3) is 4.46. The van der Waals surface area contributed by atoms with Crippen molar-refractivity contribution in [2.24, 2.45) is 0 Å². The highest BCUT2D eigenvalue weighted by molar-refractivity contribution is 5.83. The van der Waals surface area contributed by atoms with E-state index in [4.69, 9.17) is 4.74 Å². The van der Waals surface area contributed by atoms with Crippen LogP contribution in [0.4, 0.5) is 4.79 Å². The quantitative estimate of drug-likeness (QED) is 0.909. The number of aliphatic hydroxyl groups excluding tert-OH is 1. The van der Waals surface area contributed by atoms with Gasteiger partial charge < -0.3 is 15.2 Å². The molecule has 0 spiro atoms. The van der Waals surface area contributed by atoms with Gasteiger partial charge in [0.15, 0.2) is 0 Å². The minimum Gasteiger partial charge on any atom is -0.444 e. The van der Waals surface area contributed by atoms with Crippen molar-refractivity contribution < 1.29 is 14.6 Å². The smallest absolute Gasteiger partial charge is 0.407 e. The highest BCUT2D eigenvalue weighted by atomic mass is 16.6. The van der Waals surface area contributed by atoms with E-state index >= 15 is 0 Å². The zero-order valence-corrected chi connectivity index (χ0v) is 12.6. The molecule has 112 valence electrons. The van der Waals surface area contributed by atoms with Gasteiger partial charge in [0.1, 0.15) is 5.60 Å². The molecule has 0 aromatic heterocycles. The molecule has 4 heteroatoms. The molecule has 1 unspecified atom stereocenters. The molecule has 2 rings (SSSR count). The molecular weight excluding hydrogens is 266 g/mol. The first-order chi connectivity index (χ1) is 9.85. The summed E-state index contributed by atoms with van der Waals surface area (Å²) in [5, 5.41) is 14.9. The van der Waals surface area contributed by atoms with Gasteiger partial charge in [-0.05, 0) is 43.2 Å². The van der Waals surface area contributed by atoms with Crippen molar-refractivity contribution in [1.82, 2.24) is 5.32 Å². The highest BCUT2D eigenvalue weighted by Gasteiger charge is 2.17. The maximum Gasteiger partial charge on any atom is 0.407 e. The fraction of sp³-hybridized carbons (Fsp3) is 0.353. The molecule has 4 nitrogen and oxygen atoms in total. The number of aliphatic hydroxyl groups is 1. The van der Waals surface area contributed by atoms with E-state index in [2.05, 4.69) is 5.32 Å². The average molecular weight is 287 g/mol. The number of hydrogen-bond donors (Lipinski definition) is 2. The van der Waals surface area contributed by atoms with Gasteiger partial charge in [-0.2, -0.15) is 0 Å². The zero-order valence-electron chi connectivity index (χ0n) is 12.6. The van der Waals surface area contributed by atoms with Gasteiger partial charge in [0.2, 0.25) is 0 Å². The standard InChI is InChI=1S/C17H21NO3/c1-17(2,3)21-16(20)18-11-15(19)14-9-8-12-6-4-5-7-13(12)10-14/h4-10,15,19H,11H2,1-3H3,(H,18,20). The van der Waals surface area contributed by atoms with Crippen LogP contribution in [0.3, 0.4) is 0 Å². The first kappa shape index (κ1) is 15.3. The Morgan fingerprint density at radius 2 is 1.86 bits per heavy atom. The van der Waals surface area contributed by atoms with Gasteiger partial charge >= 0.3 is 6.09 Å². The van der Waals surface area contributed by atoms with E-state index in [1.807, 2.05) is 42.5 Å². The van der Waals surface area contributed by atoms with Gasteiger partial charge in [-0.3, -0.25) is 0 Å². The van der Waals surface area contributed by atoms with Crippen molar-refractivity contribution in [3.05, 3.63) is 48.0 Å². The fourth-order valence-electron chi connectivity index (χ4n) is 2.03. The molecule has 2 aromatic carbocycles. The van der Waals surface area contributed by atoms with E-state index in [1.54, 1.807) is 20.8 Å². The molecule has 2 N–H and O–H groups in total. The number of alkyl carbamates (subject to hydrolysis) is 1. The van der Waals surface area contributed by atoms with Crippen molar-refractivity contribution in [2.75, 3.05) is 6.54 Å². The van der Waals surface area contributed by atoms with Crippen LogP contribution in [-0.2, 0) is 4.74 Å². The third-order valence-corrected chi connectivity index (χ3v) is 3.00. The van der Waals surface area contributed by atoms with Gasteiger partial charge in [0, 0.05) is 0 Å². The lowest BCUT2D eigenvalue weighted by atomic mass is 10.0. The fourth-order valence-corrected chi connectivity index (χ4v) is 2.03. The second-order valence-corrected chi connectivity index (χ2v) is 6.01. The summed E-state index contributed by atoms with van der Waals surface area (Å²) in [6.45, 7) is 5.51. The molecule has 0 aliphatic carbocycles. The Kier molecular flexibility index (Phi) is 4.48. The molecular formula is C17H21NO3. The van der Waals surface area contributed by atoms with E-state index in [0.717, 1.165) is 16.3 Å². The number of hydrogen-bond acceptors (Lipinski definition) is 3.